The van der Waals surface area contributed by atoms with Gasteiger partial charge < -0.3 is 60.7 Å². The molecule has 28 heavy (non-hydrogen) atoms. The molecule has 0 aliphatic heterocycles. The van der Waals surface area contributed by atoms with E-state index < -0.39 is 63.1 Å². The van der Waals surface area contributed by atoms with Gasteiger partial charge in [0.05, 0.1) is 26.4 Å². The summed E-state index contributed by atoms with van der Waals surface area (Å²) in [5, 5.41) is 85.1. The quantitative estimate of drug-likeness (QED) is 0.178. The van der Waals surface area contributed by atoms with Crippen LogP contribution in [0.5, 0.6) is 0 Å². The van der Waals surface area contributed by atoms with Crippen LogP contribution in [0.1, 0.15) is 27.7 Å². The van der Waals surface area contributed by atoms with Crippen LogP contribution in [-0.2, 0) is 9.59 Å². The van der Waals surface area contributed by atoms with Crippen molar-refractivity contribution in [3.05, 3.63) is 0 Å². The lowest BCUT2D eigenvalue weighted by Gasteiger charge is -2.19. The van der Waals surface area contributed by atoms with Crippen molar-refractivity contribution >= 4 is 11.6 Å². The zero-order valence-electron chi connectivity index (χ0n) is 16.6. The zero-order valence-corrected chi connectivity index (χ0v) is 16.6. The maximum absolute atomic E-state index is 9.44. The van der Waals surface area contributed by atoms with E-state index in [0.29, 0.717) is 0 Å². The van der Waals surface area contributed by atoms with Gasteiger partial charge in [0.15, 0.2) is 0 Å². The monoisotopic (exact) mass is 420 g/mol. The fourth-order valence-corrected chi connectivity index (χ4v) is 0.945. The number of hydrogen-bond donors (Lipinski definition) is 10. The minimum Gasteiger partial charge on any atom is -0.394 e. The summed E-state index contributed by atoms with van der Waals surface area (Å²) in [5.74, 6) is 0.333. The summed E-state index contributed by atoms with van der Waals surface area (Å²) in [7, 11) is 0. The molecule has 0 rings (SSSR count). The van der Waals surface area contributed by atoms with E-state index in [-0.39, 0.29) is 11.6 Å². The minimum atomic E-state index is -1.49. The zero-order chi connectivity index (χ0) is 23.4. The van der Waals surface area contributed by atoms with Crippen molar-refractivity contribution in [2.45, 2.75) is 64.3 Å². The molecule has 0 heterocycles. The molecule has 10 N–H and O–H groups in total. The van der Waals surface area contributed by atoms with Gasteiger partial charge in [0.1, 0.15) is 48.2 Å². The van der Waals surface area contributed by atoms with Crippen molar-refractivity contribution in [1.82, 2.24) is 0 Å². The van der Waals surface area contributed by atoms with Crippen LogP contribution in [0.25, 0.3) is 0 Å². The van der Waals surface area contributed by atoms with Crippen LogP contribution in [0.3, 0.4) is 0 Å². The summed E-state index contributed by atoms with van der Waals surface area (Å²) in [4.78, 5) is 18.9. The number of carbonyl (C=O) groups excluding carboxylic acids is 2. The number of Topliss-reactive ketones (excluding diaryl/α,β-unsaturated/α-hetero) is 2. The average molecular weight is 420 g/mol. The van der Waals surface area contributed by atoms with Gasteiger partial charge in [-0.25, -0.2) is 0 Å². The number of ketones is 2. The third-order valence-corrected chi connectivity index (χ3v) is 2.33. The molecule has 12 nitrogen and oxygen atoms in total. The highest BCUT2D eigenvalue weighted by Crippen LogP contribution is 1.98. The highest BCUT2D eigenvalue weighted by Gasteiger charge is 2.23. The molecular formula is C16H36O12. The summed E-state index contributed by atoms with van der Waals surface area (Å²) < 4.78 is 0. The largest absolute Gasteiger partial charge is 0.394 e. The SMILES string of the molecule is CC(C)=O.CC(C)=O.OC[C@@H](O)C(O)[C@@H](O)CO.OC[C@@H](O)C(O)[C@@H](O)CO. The Hall–Kier alpha value is -1.06. The maximum atomic E-state index is 9.44. The van der Waals surface area contributed by atoms with Gasteiger partial charge in [-0.1, -0.05) is 0 Å². The first-order chi connectivity index (χ1) is 12.7. The van der Waals surface area contributed by atoms with E-state index in [9.17, 15) is 9.59 Å². The van der Waals surface area contributed by atoms with Crippen molar-refractivity contribution in [3.63, 3.8) is 0 Å². The predicted molar refractivity (Wildman–Crippen MR) is 97.1 cm³/mol. The second-order valence-corrected chi connectivity index (χ2v) is 5.80. The Bertz CT molecular complexity index is 304. The summed E-state index contributed by atoms with van der Waals surface area (Å²) in [5.41, 5.74) is 0. The maximum Gasteiger partial charge on any atom is 0.126 e. The molecule has 2 unspecified atom stereocenters. The van der Waals surface area contributed by atoms with E-state index >= 15 is 0 Å². The fraction of sp³-hybridized carbons (Fsp3) is 0.875. The van der Waals surface area contributed by atoms with Gasteiger partial charge in [0.2, 0.25) is 0 Å². The van der Waals surface area contributed by atoms with E-state index in [1.165, 1.54) is 27.7 Å². The van der Waals surface area contributed by atoms with Crippen LogP contribution in [0.2, 0.25) is 0 Å². The average Bonchev–Trinajstić information content (AvgIpc) is 2.63. The molecule has 0 saturated carbocycles. The second kappa shape index (κ2) is 22.2. The molecule has 0 spiro atoms. The molecule has 0 aliphatic rings. The van der Waals surface area contributed by atoms with E-state index in [1.54, 1.807) is 0 Å². The van der Waals surface area contributed by atoms with Crippen molar-refractivity contribution in [2.24, 2.45) is 0 Å². The van der Waals surface area contributed by atoms with Crippen molar-refractivity contribution in [3.8, 4) is 0 Å². The molecule has 0 aliphatic carbocycles. The lowest BCUT2D eigenvalue weighted by molar-refractivity contribution is -0.115. The molecule has 0 saturated heterocycles. The second-order valence-electron chi connectivity index (χ2n) is 5.80. The molecule has 0 radical (unpaired) electrons. The first-order valence-electron chi connectivity index (χ1n) is 8.19. The number of carbonyl (C=O) groups is 2. The smallest absolute Gasteiger partial charge is 0.126 e. The van der Waals surface area contributed by atoms with Gasteiger partial charge >= 0.3 is 0 Å². The fourth-order valence-electron chi connectivity index (χ4n) is 0.945. The van der Waals surface area contributed by atoms with Crippen molar-refractivity contribution in [2.75, 3.05) is 26.4 Å². The Morgan fingerprint density at radius 2 is 0.607 bits per heavy atom. The standard InChI is InChI=1S/2C5H12O5.2C3H6O/c2*6-1-3(8)5(10)4(9)2-7;2*1-3(2)4/h2*3-10H,1-2H2;2*1-2H3/t2*3-,4+,5?;;. The van der Waals surface area contributed by atoms with Crippen LogP contribution in [0, 0.1) is 0 Å². The Morgan fingerprint density at radius 3 is 0.679 bits per heavy atom. The van der Waals surface area contributed by atoms with E-state index in [4.69, 9.17) is 51.1 Å². The normalized spacial score (nSPS) is 16.2. The van der Waals surface area contributed by atoms with E-state index in [0.717, 1.165) is 0 Å². The van der Waals surface area contributed by atoms with Gasteiger partial charge in [0.25, 0.3) is 0 Å². The first-order valence-corrected chi connectivity index (χ1v) is 8.19. The highest BCUT2D eigenvalue weighted by molar-refractivity contribution is 5.72. The molecule has 12 heteroatoms. The number of aliphatic hydroxyl groups is 10. The van der Waals surface area contributed by atoms with Crippen molar-refractivity contribution < 1.29 is 60.7 Å². The highest BCUT2D eigenvalue weighted by atomic mass is 16.4. The van der Waals surface area contributed by atoms with Gasteiger partial charge in [-0.2, -0.15) is 0 Å². The molecule has 0 amide bonds. The van der Waals surface area contributed by atoms with Gasteiger partial charge in [0, 0.05) is 0 Å². The van der Waals surface area contributed by atoms with E-state index in [1.807, 2.05) is 0 Å². The third-order valence-electron chi connectivity index (χ3n) is 2.33. The minimum absolute atomic E-state index is 0.167. The van der Waals surface area contributed by atoms with Crippen LogP contribution >= 0.6 is 0 Å². The van der Waals surface area contributed by atoms with Gasteiger partial charge in [-0.15, -0.1) is 0 Å². The predicted octanol–water partition coefficient (Wildman–Crippen LogP) is -4.70. The van der Waals surface area contributed by atoms with Crippen LogP contribution in [-0.4, -0.2) is 126 Å². The Balaban J connectivity index is -0.000000150. The number of aliphatic hydroxyl groups excluding tert-OH is 10. The Labute approximate surface area is 163 Å². The molecule has 0 aromatic heterocycles. The Kier molecular flexibility index (Phi) is 27.4. The third kappa shape index (κ3) is 27.2. The van der Waals surface area contributed by atoms with E-state index in [2.05, 4.69) is 0 Å². The van der Waals surface area contributed by atoms with Crippen LogP contribution in [0.15, 0.2) is 0 Å². The van der Waals surface area contributed by atoms with Gasteiger partial charge in [-0.3, -0.25) is 0 Å². The van der Waals surface area contributed by atoms with Gasteiger partial charge in [-0.05, 0) is 27.7 Å². The topological polar surface area (TPSA) is 236 Å². The molecule has 0 aromatic carbocycles. The summed E-state index contributed by atoms with van der Waals surface area (Å²) >= 11 is 0. The lowest BCUT2D eigenvalue weighted by atomic mass is 10.1. The number of hydrogen-bond acceptors (Lipinski definition) is 12. The molecule has 172 valence electrons. The Morgan fingerprint density at radius 1 is 0.500 bits per heavy atom. The molecule has 0 aromatic rings. The van der Waals surface area contributed by atoms with Crippen LogP contribution in [0.4, 0.5) is 0 Å². The summed E-state index contributed by atoms with van der Waals surface area (Å²) in [6.45, 7) is 3.55. The lowest BCUT2D eigenvalue weighted by Crippen LogP contribution is -2.41. The molecule has 6 atom stereocenters. The molecule has 0 bridgehead atoms. The summed E-state index contributed by atoms with van der Waals surface area (Å²) in [6.07, 6.45) is -8.58. The molecule has 0 fully saturated rings. The van der Waals surface area contributed by atoms with Crippen molar-refractivity contribution in [1.29, 1.82) is 0 Å². The summed E-state index contributed by atoms with van der Waals surface area (Å²) in [6, 6.07) is 0. The number of rotatable bonds is 8. The molecular weight excluding hydrogens is 384 g/mol. The van der Waals surface area contributed by atoms with Crippen LogP contribution < -0.4 is 0 Å². The first kappa shape index (κ1) is 34.4.